The van der Waals surface area contributed by atoms with E-state index in [1.807, 2.05) is 23.6 Å². The molecule has 3 aromatic heterocycles. The summed E-state index contributed by atoms with van der Waals surface area (Å²) in [5.74, 6) is -0.857. The zero-order chi connectivity index (χ0) is 20.6. The number of para-hydroxylation sites is 1. The fraction of sp³-hybridized carbons (Fsp3) is 0.158. The highest BCUT2D eigenvalue weighted by atomic mass is 32.2. The molecule has 7 nitrogen and oxygen atoms in total. The van der Waals surface area contributed by atoms with E-state index in [4.69, 9.17) is 5.11 Å². The van der Waals surface area contributed by atoms with Gasteiger partial charge in [-0.1, -0.05) is 18.2 Å². The molecular formula is C19H17N3O4S3. The maximum atomic E-state index is 12.9. The number of nitrogens with zero attached hydrogens (tertiary/aromatic N) is 2. The number of hydrogen-bond donors (Lipinski definition) is 2. The number of carboxylic acids is 1. The molecule has 2 N–H and O–H groups in total. The van der Waals surface area contributed by atoms with Crippen LogP contribution in [0.15, 0.2) is 51.4 Å². The van der Waals surface area contributed by atoms with Crippen molar-refractivity contribution >= 4 is 55.3 Å². The van der Waals surface area contributed by atoms with Crippen LogP contribution in [0, 0.1) is 0 Å². The van der Waals surface area contributed by atoms with E-state index in [0.717, 1.165) is 21.8 Å². The van der Waals surface area contributed by atoms with E-state index in [-0.39, 0.29) is 10.6 Å². The van der Waals surface area contributed by atoms with Crippen LogP contribution in [-0.2, 0) is 21.2 Å². The Morgan fingerprint density at radius 1 is 1.24 bits per heavy atom. The number of carboxylic acid groups (broad SMARTS) is 1. The van der Waals surface area contributed by atoms with Gasteiger partial charge in [0, 0.05) is 24.2 Å². The third kappa shape index (κ3) is 3.78. The average Bonchev–Trinajstić information content (AvgIpc) is 3.45. The molecule has 0 unspecified atom stereocenters. The molecule has 0 amide bonds. The molecule has 0 aliphatic carbocycles. The van der Waals surface area contributed by atoms with Crippen LogP contribution in [0.3, 0.4) is 0 Å². The van der Waals surface area contributed by atoms with Gasteiger partial charge >= 0.3 is 5.97 Å². The van der Waals surface area contributed by atoms with Crippen molar-refractivity contribution in [3.05, 3.63) is 52.9 Å². The van der Waals surface area contributed by atoms with Gasteiger partial charge in [-0.25, -0.2) is 13.4 Å². The van der Waals surface area contributed by atoms with Crippen molar-refractivity contribution in [2.24, 2.45) is 0 Å². The van der Waals surface area contributed by atoms with E-state index in [1.54, 1.807) is 23.6 Å². The Balaban J connectivity index is 1.70. The zero-order valence-electron chi connectivity index (χ0n) is 15.3. The smallest absolute Gasteiger partial charge is 0.303 e. The fourth-order valence-electron chi connectivity index (χ4n) is 2.97. The number of anilines is 1. The molecule has 0 aliphatic rings. The molecule has 0 atom stereocenters. The summed E-state index contributed by atoms with van der Waals surface area (Å²) >= 11 is 2.60. The molecule has 3 heterocycles. The number of aromatic nitrogens is 2. The zero-order valence-corrected chi connectivity index (χ0v) is 17.8. The Bertz CT molecular complexity index is 1270. The number of carbonyl (C=O) groups is 1. The van der Waals surface area contributed by atoms with Crippen LogP contribution in [0.25, 0.3) is 21.6 Å². The second-order valence-electron chi connectivity index (χ2n) is 6.37. The van der Waals surface area contributed by atoms with Crippen molar-refractivity contribution in [1.29, 1.82) is 0 Å². The maximum Gasteiger partial charge on any atom is 0.303 e. The molecule has 0 aliphatic heterocycles. The van der Waals surface area contributed by atoms with Gasteiger partial charge in [-0.3, -0.25) is 9.10 Å². The van der Waals surface area contributed by atoms with Gasteiger partial charge in [-0.05, 0) is 23.6 Å². The van der Waals surface area contributed by atoms with Crippen molar-refractivity contribution in [2.75, 3.05) is 11.4 Å². The summed E-state index contributed by atoms with van der Waals surface area (Å²) < 4.78 is 27.4. The lowest BCUT2D eigenvalue weighted by atomic mass is 10.2. The van der Waals surface area contributed by atoms with E-state index in [9.17, 15) is 13.2 Å². The Labute approximate surface area is 175 Å². The van der Waals surface area contributed by atoms with Crippen molar-refractivity contribution in [2.45, 2.75) is 17.1 Å². The number of thiazole rings is 1. The first-order valence-electron chi connectivity index (χ1n) is 8.67. The van der Waals surface area contributed by atoms with Crippen LogP contribution in [-0.4, -0.2) is 36.5 Å². The molecule has 0 bridgehead atoms. The number of thiophene rings is 1. The Morgan fingerprint density at radius 3 is 2.79 bits per heavy atom. The highest BCUT2D eigenvalue weighted by Crippen LogP contribution is 2.34. The van der Waals surface area contributed by atoms with Crippen molar-refractivity contribution < 1.29 is 18.3 Å². The fourth-order valence-corrected chi connectivity index (χ4v) is 6.17. The number of aliphatic carboxylic acids is 1. The highest BCUT2D eigenvalue weighted by Gasteiger charge is 2.24. The SMILES string of the molecule is CN(c1cccc2cc(-c3nc(CCC(=O)O)cs3)[nH]c12)S(=O)(=O)c1cccs1. The van der Waals surface area contributed by atoms with Gasteiger partial charge in [0.05, 0.1) is 29.0 Å². The monoisotopic (exact) mass is 447 g/mol. The summed E-state index contributed by atoms with van der Waals surface area (Å²) in [6.45, 7) is 0. The summed E-state index contributed by atoms with van der Waals surface area (Å²) in [4.78, 5) is 18.5. The lowest BCUT2D eigenvalue weighted by molar-refractivity contribution is -0.136. The Kier molecular flexibility index (Phi) is 5.15. The van der Waals surface area contributed by atoms with Gasteiger partial charge in [-0.15, -0.1) is 22.7 Å². The first-order valence-corrected chi connectivity index (χ1v) is 11.9. The van der Waals surface area contributed by atoms with Gasteiger partial charge in [0.1, 0.15) is 9.22 Å². The summed E-state index contributed by atoms with van der Waals surface area (Å²) in [6.07, 6.45) is 0.407. The van der Waals surface area contributed by atoms with Crippen LogP contribution >= 0.6 is 22.7 Å². The average molecular weight is 448 g/mol. The van der Waals surface area contributed by atoms with Gasteiger partial charge < -0.3 is 10.1 Å². The summed E-state index contributed by atoms with van der Waals surface area (Å²) in [5, 5.41) is 14.0. The number of nitrogens with one attached hydrogen (secondary N) is 1. The van der Waals surface area contributed by atoms with E-state index < -0.39 is 16.0 Å². The molecule has 0 radical (unpaired) electrons. The van der Waals surface area contributed by atoms with E-state index in [1.165, 1.54) is 34.0 Å². The first kappa shape index (κ1) is 19.6. The van der Waals surface area contributed by atoms with Gasteiger partial charge in [-0.2, -0.15) is 0 Å². The molecule has 0 spiro atoms. The normalized spacial score (nSPS) is 11.8. The van der Waals surface area contributed by atoms with E-state index in [0.29, 0.717) is 17.6 Å². The molecule has 0 fully saturated rings. The molecule has 0 saturated carbocycles. The lowest BCUT2D eigenvalue weighted by Gasteiger charge is -2.19. The molecular weight excluding hydrogens is 430 g/mol. The van der Waals surface area contributed by atoms with Gasteiger partial charge in [0.2, 0.25) is 0 Å². The minimum atomic E-state index is -3.64. The molecule has 29 heavy (non-hydrogen) atoms. The molecule has 4 aromatic rings. The van der Waals surface area contributed by atoms with E-state index >= 15 is 0 Å². The predicted octanol–water partition coefficient (Wildman–Crippen LogP) is 4.20. The lowest BCUT2D eigenvalue weighted by Crippen LogP contribution is -2.26. The topological polar surface area (TPSA) is 103 Å². The minimum absolute atomic E-state index is 0.0331. The number of aromatic amines is 1. The van der Waals surface area contributed by atoms with Crippen LogP contribution in [0.4, 0.5) is 5.69 Å². The van der Waals surface area contributed by atoms with Crippen LogP contribution in [0.5, 0.6) is 0 Å². The maximum absolute atomic E-state index is 12.9. The minimum Gasteiger partial charge on any atom is -0.481 e. The molecule has 4 rings (SSSR count). The number of fused-ring (bicyclic) bond motifs is 1. The largest absolute Gasteiger partial charge is 0.481 e. The van der Waals surface area contributed by atoms with Crippen molar-refractivity contribution in [3.8, 4) is 10.7 Å². The Morgan fingerprint density at radius 2 is 2.07 bits per heavy atom. The second-order valence-corrected chi connectivity index (χ2v) is 10.4. The first-order chi connectivity index (χ1) is 13.9. The third-order valence-electron chi connectivity index (χ3n) is 4.46. The Hall–Kier alpha value is -2.69. The van der Waals surface area contributed by atoms with Crippen LogP contribution in [0.2, 0.25) is 0 Å². The summed E-state index contributed by atoms with van der Waals surface area (Å²) in [7, 11) is -2.10. The number of hydrogen-bond acceptors (Lipinski definition) is 6. The highest BCUT2D eigenvalue weighted by molar-refractivity contribution is 7.94. The number of sulfonamides is 1. The number of H-pyrrole nitrogens is 1. The summed E-state index contributed by atoms with van der Waals surface area (Å²) in [5.41, 5.74) is 2.74. The number of rotatable bonds is 7. The van der Waals surface area contributed by atoms with Crippen LogP contribution in [0.1, 0.15) is 12.1 Å². The van der Waals surface area contributed by atoms with Crippen LogP contribution < -0.4 is 4.31 Å². The summed E-state index contributed by atoms with van der Waals surface area (Å²) in [6, 6.07) is 10.7. The standard InChI is InChI=1S/C19H17N3O4S3/c1-22(29(25,26)17-6-3-9-27-17)15-5-2-4-12-10-14(21-18(12)15)19-20-13(11-28-19)7-8-16(23)24/h2-6,9-11,21H,7-8H2,1H3,(H,23,24). The molecule has 1 aromatic carbocycles. The van der Waals surface area contributed by atoms with E-state index in [2.05, 4.69) is 9.97 Å². The quantitative estimate of drug-likeness (QED) is 0.442. The number of benzene rings is 1. The third-order valence-corrected chi connectivity index (χ3v) is 8.53. The molecule has 150 valence electrons. The van der Waals surface area contributed by atoms with Crippen molar-refractivity contribution in [3.63, 3.8) is 0 Å². The molecule has 0 saturated heterocycles. The van der Waals surface area contributed by atoms with Gasteiger partial charge in [0.25, 0.3) is 10.0 Å². The van der Waals surface area contributed by atoms with Gasteiger partial charge in [0.15, 0.2) is 0 Å². The molecule has 10 heteroatoms. The predicted molar refractivity (Wildman–Crippen MR) is 115 cm³/mol. The second kappa shape index (κ2) is 7.62. The number of aryl methyl sites for hydroxylation is 1. The van der Waals surface area contributed by atoms with Crippen molar-refractivity contribution in [1.82, 2.24) is 9.97 Å².